The van der Waals surface area contributed by atoms with Gasteiger partial charge in [-0.3, -0.25) is 4.68 Å². The normalized spacial score (nSPS) is 16.8. The van der Waals surface area contributed by atoms with E-state index in [1.54, 1.807) is 0 Å². The molecule has 1 saturated carbocycles. The van der Waals surface area contributed by atoms with Crippen LogP contribution < -0.4 is 5.32 Å². The van der Waals surface area contributed by atoms with Crippen molar-refractivity contribution in [2.45, 2.75) is 38.9 Å². The van der Waals surface area contributed by atoms with Gasteiger partial charge in [-0.1, -0.05) is 5.21 Å². The third kappa shape index (κ3) is 1.82. The van der Waals surface area contributed by atoms with E-state index in [1.807, 2.05) is 10.9 Å². The van der Waals surface area contributed by atoms with Crippen molar-refractivity contribution < 1.29 is 0 Å². The monoisotopic (exact) mass is 166 g/mol. The van der Waals surface area contributed by atoms with Gasteiger partial charge < -0.3 is 5.32 Å². The Balaban J connectivity index is 1.84. The molecule has 2 rings (SSSR count). The van der Waals surface area contributed by atoms with Crippen LogP contribution in [0.25, 0.3) is 0 Å². The van der Waals surface area contributed by atoms with E-state index in [2.05, 4.69) is 22.6 Å². The number of hydrogen-bond donors (Lipinski definition) is 1. The van der Waals surface area contributed by atoms with Crippen molar-refractivity contribution in [3.05, 3.63) is 11.9 Å². The summed E-state index contributed by atoms with van der Waals surface area (Å²) in [7, 11) is 0. The second-order valence-corrected chi connectivity index (χ2v) is 3.22. The summed E-state index contributed by atoms with van der Waals surface area (Å²) in [5, 5.41) is 11.4. The van der Waals surface area contributed by atoms with Crippen molar-refractivity contribution in [2.24, 2.45) is 0 Å². The van der Waals surface area contributed by atoms with Crippen LogP contribution in [0.3, 0.4) is 0 Å². The van der Waals surface area contributed by atoms with E-state index in [0.717, 1.165) is 24.8 Å². The van der Waals surface area contributed by atoms with E-state index >= 15 is 0 Å². The van der Waals surface area contributed by atoms with Gasteiger partial charge in [0.2, 0.25) is 0 Å². The van der Waals surface area contributed by atoms with Crippen LogP contribution in [0.15, 0.2) is 6.20 Å². The molecule has 1 aromatic rings. The zero-order valence-corrected chi connectivity index (χ0v) is 7.32. The van der Waals surface area contributed by atoms with Crippen LogP contribution in [0.4, 0.5) is 0 Å². The average Bonchev–Trinajstić information content (AvgIpc) is 2.81. The number of nitrogens with one attached hydrogen (secondary N) is 1. The van der Waals surface area contributed by atoms with Crippen LogP contribution in [0.5, 0.6) is 0 Å². The Morgan fingerprint density at radius 3 is 3.08 bits per heavy atom. The number of nitrogens with zero attached hydrogens (tertiary/aromatic N) is 3. The molecule has 4 heteroatoms. The highest BCUT2D eigenvalue weighted by molar-refractivity contribution is 4.93. The molecule has 0 bridgehead atoms. The van der Waals surface area contributed by atoms with Gasteiger partial charge in [-0.2, -0.15) is 0 Å². The zero-order chi connectivity index (χ0) is 8.39. The van der Waals surface area contributed by atoms with Crippen molar-refractivity contribution in [1.82, 2.24) is 20.3 Å². The standard InChI is InChI=1S/C8H14N4/c1-2-12-6-8(10-11-12)5-9-7-3-4-7/h6-7,9H,2-5H2,1H3. The summed E-state index contributed by atoms with van der Waals surface area (Å²) in [5.41, 5.74) is 1.05. The third-order valence-corrected chi connectivity index (χ3v) is 2.06. The van der Waals surface area contributed by atoms with Crippen LogP contribution in [0, 0.1) is 0 Å². The second-order valence-electron chi connectivity index (χ2n) is 3.22. The van der Waals surface area contributed by atoms with Gasteiger partial charge in [-0.25, -0.2) is 0 Å². The Morgan fingerprint density at radius 1 is 1.67 bits per heavy atom. The van der Waals surface area contributed by atoms with Gasteiger partial charge in [0, 0.05) is 25.3 Å². The molecule has 0 unspecified atom stereocenters. The van der Waals surface area contributed by atoms with Crippen LogP contribution in [0.2, 0.25) is 0 Å². The molecule has 4 nitrogen and oxygen atoms in total. The molecule has 1 aromatic heterocycles. The van der Waals surface area contributed by atoms with E-state index in [4.69, 9.17) is 0 Å². The summed E-state index contributed by atoms with van der Waals surface area (Å²) in [6.07, 6.45) is 4.64. The van der Waals surface area contributed by atoms with Gasteiger partial charge in [-0.05, 0) is 19.8 Å². The van der Waals surface area contributed by atoms with E-state index in [0.29, 0.717) is 0 Å². The maximum atomic E-state index is 4.04. The highest BCUT2D eigenvalue weighted by Gasteiger charge is 2.20. The first-order chi connectivity index (χ1) is 5.88. The smallest absolute Gasteiger partial charge is 0.0964 e. The van der Waals surface area contributed by atoms with Crippen LogP contribution >= 0.6 is 0 Å². The molecule has 0 radical (unpaired) electrons. The molecule has 1 aliphatic rings. The lowest BCUT2D eigenvalue weighted by atomic mass is 10.4. The lowest BCUT2D eigenvalue weighted by Gasteiger charge is -1.95. The fourth-order valence-corrected chi connectivity index (χ4v) is 1.11. The number of hydrogen-bond acceptors (Lipinski definition) is 3. The Kier molecular flexibility index (Phi) is 2.08. The van der Waals surface area contributed by atoms with Crippen LogP contribution in [-0.4, -0.2) is 21.0 Å². The maximum Gasteiger partial charge on any atom is 0.0964 e. The summed E-state index contributed by atoms with van der Waals surface area (Å²) in [6, 6.07) is 0.747. The molecule has 12 heavy (non-hydrogen) atoms. The SMILES string of the molecule is CCn1cc(CNC2CC2)nn1. The predicted molar refractivity (Wildman–Crippen MR) is 45.6 cm³/mol. The molecular formula is C8H14N4. The summed E-state index contributed by atoms with van der Waals surface area (Å²) in [4.78, 5) is 0. The van der Waals surface area contributed by atoms with E-state index in [-0.39, 0.29) is 0 Å². The van der Waals surface area contributed by atoms with Gasteiger partial charge in [0.05, 0.1) is 5.69 Å². The van der Waals surface area contributed by atoms with Gasteiger partial charge in [0.25, 0.3) is 0 Å². The predicted octanol–water partition coefficient (Wildman–Crippen LogP) is 0.550. The molecule has 1 heterocycles. The van der Waals surface area contributed by atoms with Crippen molar-refractivity contribution in [2.75, 3.05) is 0 Å². The summed E-state index contributed by atoms with van der Waals surface area (Å²) < 4.78 is 1.85. The maximum absolute atomic E-state index is 4.04. The molecule has 0 spiro atoms. The minimum Gasteiger partial charge on any atom is -0.308 e. The summed E-state index contributed by atoms with van der Waals surface area (Å²) in [6.45, 7) is 3.83. The Labute approximate surface area is 72.0 Å². The Bertz CT molecular complexity index is 251. The van der Waals surface area contributed by atoms with Crippen LogP contribution in [0.1, 0.15) is 25.5 Å². The van der Waals surface area contributed by atoms with Gasteiger partial charge >= 0.3 is 0 Å². The fraction of sp³-hybridized carbons (Fsp3) is 0.750. The van der Waals surface area contributed by atoms with Gasteiger partial charge in [-0.15, -0.1) is 5.10 Å². The fourth-order valence-electron chi connectivity index (χ4n) is 1.11. The number of rotatable bonds is 4. The lowest BCUT2D eigenvalue weighted by Crippen LogP contribution is -2.15. The van der Waals surface area contributed by atoms with E-state index in [9.17, 15) is 0 Å². The summed E-state index contributed by atoms with van der Waals surface area (Å²) in [5.74, 6) is 0. The van der Waals surface area contributed by atoms with Gasteiger partial charge in [0.15, 0.2) is 0 Å². The molecule has 0 aliphatic heterocycles. The molecule has 0 aromatic carbocycles. The topological polar surface area (TPSA) is 42.7 Å². The number of aromatic nitrogens is 3. The third-order valence-electron chi connectivity index (χ3n) is 2.06. The van der Waals surface area contributed by atoms with Crippen molar-refractivity contribution >= 4 is 0 Å². The first kappa shape index (κ1) is 7.73. The minimum atomic E-state index is 0.747. The van der Waals surface area contributed by atoms with Gasteiger partial charge in [0.1, 0.15) is 0 Å². The molecular weight excluding hydrogens is 152 g/mol. The number of aryl methyl sites for hydroxylation is 1. The van der Waals surface area contributed by atoms with E-state index < -0.39 is 0 Å². The highest BCUT2D eigenvalue weighted by Crippen LogP contribution is 2.18. The minimum absolute atomic E-state index is 0.747. The first-order valence-corrected chi connectivity index (χ1v) is 4.51. The van der Waals surface area contributed by atoms with Crippen LogP contribution in [-0.2, 0) is 13.1 Å². The lowest BCUT2D eigenvalue weighted by molar-refractivity contribution is 0.625. The van der Waals surface area contributed by atoms with E-state index in [1.165, 1.54) is 12.8 Å². The Morgan fingerprint density at radius 2 is 2.50 bits per heavy atom. The zero-order valence-electron chi connectivity index (χ0n) is 7.32. The molecule has 1 aliphatic carbocycles. The highest BCUT2D eigenvalue weighted by atomic mass is 15.4. The molecule has 0 amide bonds. The van der Waals surface area contributed by atoms with Crippen molar-refractivity contribution in [3.8, 4) is 0 Å². The molecule has 1 fully saturated rings. The van der Waals surface area contributed by atoms with Crippen molar-refractivity contribution in [3.63, 3.8) is 0 Å². The molecule has 0 atom stereocenters. The summed E-state index contributed by atoms with van der Waals surface area (Å²) >= 11 is 0. The Hall–Kier alpha value is -0.900. The quantitative estimate of drug-likeness (QED) is 0.710. The largest absolute Gasteiger partial charge is 0.308 e. The average molecular weight is 166 g/mol. The first-order valence-electron chi connectivity index (χ1n) is 4.51. The second kappa shape index (κ2) is 3.23. The molecule has 1 N–H and O–H groups in total. The van der Waals surface area contributed by atoms with Crippen molar-refractivity contribution in [1.29, 1.82) is 0 Å². The molecule has 0 saturated heterocycles. The molecule has 66 valence electrons.